The van der Waals surface area contributed by atoms with Gasteiger partial charge in [-0.25, -0.2) is 8.42 Å². The molecule has 0 aromatic carbocycles. The van der Waals surface area contributed by atoms with Crippen LogP contribution in [0.15, 0.2) is 0 Å². The zero-order valence-electron chi connectivity index (χ0n) is 14.3. The highest BCUT2D eigenvalue weighted by Crippen LogP contribution is 2.38. The minimum absolute atomic E-state index is 0.0329. The van der Waals surface area contributed by atoms with Crippen molar-refractivity contribution in [2.75, 3.05) is 18.1 Å². The van der Waals surface area contributed by atoms with Crippen molar-refractivity contribution in [2.24, 2.45) is 0 Å². The van der Waals surface area contributed by atoms with E-state index < -0.39 is 34.1 Å². The van der Waals surface area contributed by atoms with Gasteiger partial charge in [-0.15, -0.1) is 0 Å². The second kappa shape index (κ2) is 7.43. The second-order valence-corrected chi connectivity index (χ2v) is 9.71. The maximum absolute atomic E-state index is 12.8. The lowest BCUT2D eigenvalue weighted by molar-refractivity contribution is -0.282. The van der Waals surface area contributed by atoms with Gasteiger partial charge in [0, 0.05) is 18.0 Å². The van der Waals surface area contributed by atoms with Crippen LogP contribution in [0, 0.1) is 0 Å². The molecule has 0 aromatic heterocycles. The molecule has 0 unspecified atom stereocenters. The molecule has 0 aromatic rings. The zero-order valence-corrected chi connectivity index (χ0v) is 15.1. The van der Waals surface area contributed by atoms with Gasteiger partial charge in [-0.05, 0) is 53.0 Å². The van der Waals surface area contributed by atoms with E-state index in [1.807, 2.05) is 0 Å². The fourth-order valence-electron chi connectivity index (χ4n) is 3.09. The summed E-state index contributed by atoms with van der Waals surface area (Å²) in [7, 11) is -3.92. The Hall–Kier alpha value is -0.440. The lowest BCUT2D eigenvalue weighted by atomic mass is 10.0. The van der Waals surface area contributed by atoms with Crippen molar-refractivity contribution in [1.29, 1.82) is 0 Å². The lowest BCUT2D eigenvalue weighted by Gasteiger charge is -2.37. The summed E-state index contributed by atoms with van der Waals surface area (Å²) in [4.78, 5) is 2.29. The minimum Gasteiger partial charge on any atom is -0.296 e. The van der Waals surface area contributed by atoms with Crippen molar-refractivity contribution in [3.63, 3.8) is 0 Å². The summed E-state index contributed by atoms with van der Waals surface area (Å²) in [5.41, 5.74) is -0.0329. The molecule has 0 aliphatic carbocycles. The molecule has 1 aliphatic rings. The topological polar surface area (TPSA) is 37.4 Å². The molecule has 0 spiro atoms. The molecule has 0 saturated carbocycles. The van der Waals surface area contributed by atoms with Gasteiger partial charge in [-0.2, -0.15) is 22.0 Å². The van der Waals surface area contributed by atoms with Crippen LogP contribution in [0.2, 0.25) is 0 Å². The van der Waals surface area contributed by atoms with E-state index in [1.165, 1.54) is 0 Å². The summed E-state index contributed by atoms with van der Waals surface area (Å²) in [6.45, 7) is 7.14. The van der Waals surface area contributed by atoms with Gasteiger partial charge in [0.2, 0.25) is 0 Å². The van der Waals surface area contributed by atoms with Crippen molar-refractivity contribution in [3.05, 3.63) is 0 Å². The third kappa shape index (κ3) is 6.13. The van der Waals surface area contributed by atoms with Crippen LogP contribution in [0.5, 0.6) is 0 Å². The maximum atomic E-state index is 12.8. The molecule has 0 amide bonds. The maximum Gasteiger partial charge on any atom is 0.453 e. The van der Waals surface area contributed by atoms with Crippen LogP contribution in [0.3, 0.4) is 0 Å². The summed E-state index contributed by atoms with van der Waals surface area (Å²) in [5, 5.41) is 0. The molecule has 144 valence electrons. The van der Waals surface area contributed by atoms with Crippen LogP contribution in [0.25, 0.3) is 0 Å². The number of rotatable bonds is 7. The smallest absolute Gasteiger partial charge is 0.296 e. The summed E-state index contributed by atoms with van der Waals surface area (Å²) in [5.74, 6) is -6.46. The van der Waals surface area contributed by atoms with Crippen molar-refractivity contribution >= 4 is 9.84 Å². The van der Waals surface area contributed by atoms with Crippen LogP contribution in [-0.2, 0) is 9.84 Å². The van der Waals surface area contributed by atoms with E-state index in [-0.39, 0.29) is 23.8 Å². The highest BCUT2D eigenvalue weighted by molar-refractivity contribution is 7.91. The average Bonchev–Trinajstić information content (AvgIpc) is 2.83. The fraction of sp³-hybridized carbons (Fsp3) is 1.00. The zero-order chi connectivity index (χ0) is 18.8. The molecule has 3 nitrogen and oxygen atoms in total. The van der Waals surface area contributed by atoms with Crippen LogP contribution < -0.4 is 0 Å². The number of likely N-dealkylation sites (tertiary alicyclic amines) is 1. The molecule has 1 aliphatic heterocycles. The Labute approximate surface area is 140 Å². The van der Waals surface area contributed by atoms with Gasteiger partial charge in [-0.1, -0.05) is 0 Å². The Morgan fingerprint density at radius 1 is 1.04 bits per heavy atom. The number of hydrogen-bond donors (Lipinski definition) is 0. The number of alkyl halides is 5. The Balaban J connectivity index is 2.46. The molecule has 1 saturated heterocycles. The molecule has 1 atom stereocenters. The lowest BCUT2D eigenvalue weighted by Crippen LogP contribution is -2.44. The highest BCUT2D eigenvalue weighted by atomic mass is 32.2. The fourth-order valence-corrected chi connectivity index (χ4v) is 4.46. The summed E-state index contributed by atoms with van der Waals surface area (Å²) < 4.78 is 85.3. The van der Waals surface area contributed by atoms with E-state index >= 15 is 0 Å². The first-order valence-electron chi connectivity index (χ1n) is 8.07. The largest absolute Gasteiger partial charge is 0.453 e. The Bertz CT molecular complexity index is 511. The Morgan fingerprint density at radius 2 is 1.62 bits per heavy atom. The van der Waals surface area contributed by atoms with Crippen molar-refractivity contribution in [2.45, 2.75) is 76.6 Å². The van der Waals surface area contributed by atoms with Gasteiger partial charge in [0.25, 0.3) is 0 Å². The molecular formula is C15H26F5NO2S. The van der Waals surface area contributed by atoms with E-state index in [0.29, 0.717) is 6.42 Å². The molecule has 0 N–H and O–H groups in total. The van der Waals surface area contributed by atoms with Crippen LogP contribution >= 0.6 is 0 Å². The second-order valence-electron chi connectivity index (χ2n) is 7.41. The molecule has 1 rings (SSSR count). The van der Waals surface area contributed by atoms with Crippen LogP contribution in [-0.4, -0.2) is 55.0 Å². The van der Waals surface area contributed by atoms with Crippen LogP contribution in [0.1, 0.15) is 52.9 Å². The average molecular weight is 379 g/mol. The first-order valence-corrected chi connectivity index (χ1v) is 9.90. The molecule has 24 heavy (non-hydrogen) atoms. The Morgan fingerprint density at radius 3 is 2.12 bits per heavy atom. The summed E-state index contributed by atoms with van der Waals surface area (Å²) in [6, 6.07) is 0.233. The highest BCUT2D eigenvalue weighted by Gasteiger charge is 2.57. The number of nitrogens with zero attached hydrogens (tertiary/aromatic N) is 1. The molecular weight excluding hydrogens is 353 g/mol. The van der Waals surface area contributed by atoms with Gasteiger partial charge in [0.15, 0.2) is 9.84 Å². The van der Waals surface area contributed by atoms with E-state index in [9.17, 15) is 30.4 Å². The third-order valence-electron chi connectivity index (χ3n) is 4.37. The van der Waals surface area contributed by atoms with E-state index in [2.05, 4.69) is 25.7 Å². The SMILES string of the molecule is CC(C)(C)N1CCC[C@H]1CCCS(=O)(=O)CCC(F)(F)C(F)(F)F. The molecule has 1 fully saturated rings. The molecule has 0 radical (unpaired) electrons. The van der Waals surface area contributed by atoms with E-state index in [1.54, 1.807) is 0 Å². The predicted molar refractivity (Wildman–Crippen MR) is 83.0 cm³/mol. The normalized spacial score (nSPS) is 21.4. The van der Waals surface area contributed by atoms with E-state index in [0.717, 1.165) is 19.4 Å². The van der Waals surface area contributed by atoms with Gasteiger partial charge < -0.3 is 0 Å². The summed E-state index contributed by atoms with van der Waals surface area (Å²) in [6.07, 6.45) is -4.57. The standard InChI is InChI=1S/C15H26F5NO2S/c1-13(2,3)21-9-4-6-12(21)7-5-10-24(22,23)11-8-14(16,17)15(18,19)20/h12H,4-11H2,1-3H3/t12-/m0/s1. The molecule has 9 heteroatoms. The third-order valence-corrected chi connectivity index (χ3v) is 6.11. The molecule has 0 bridgehead atoms. The van der Waals surface area contributed by atoms with E-state index in [4.69, 9.17) is 0 Å². The summed E-state index contributed by atoms with van der Waals surface area (Å²) >= 11 is 0. The van der Waals surface area contributed by atoms with Crippen molar-refractivity contribution in [3.8, 4) is 0 Å². The monoisotopic (exact) mass is 379 g/mol. The quantitative estimate of drug-likeness (QED) is 0.627. The van der Waals surface area contributed by atoms with Gasteiger partial charge in [-0.3, -0.25) is 4.90 Å². The van der Waals surface area contributed by atoms with Gasteiger partial charge >= 0.3 is 12.1 Å². The number of hydrogen-bond acceptors (Lipinski definition) is 3. The first kappa shape index (κ1) is 21.6. The molecule has 1 heterocycles. The predicted octanol–water partition coefficient (Wildman–Crippen LogP) is 4.03. The number of sulfone groups is 1. The Kier molecular flexibility index (Phi) is 6.69. The minimum atomic E-state index is -5.71. The van der Waals surface area contributed by atoms with Crippen molar-refractivity contribution in [1.82, 2.24) is 4.90 Å². The van der Waals surface area contributed by atoms with Crippen LogP contribution in [0.4, 0.5) is 22.0 Å². The van der Waals surface area contributed by atoms with Gasteiger partial charge in [0.1, 0.15) is 0 Å². The van der Waals surface area contributed by atoms with Gasteiger partial charge in [0.05, 0.1) is 11.5 Å². The first-order chi connectivity index (χ1) is 10.7. The number of halogens is 5. The van der Waals surface area contributed by atoms with Crippen molar-refractivity contribution < 1.29 is 30.4 Å².